The van der Waals surface area contributed by atoms with Gasteiger partial charge in [0.25, 0.3) is 0 Å². The lowest BCUT2D eigenvalue weighted by atomic mass is 9.94. The maximum absolute atomic E-state index is 10.2. The summed E-state index contributed by atoms with van der Waals surface area (Å²) in [5, 5.41) is 10.2. The maximum atomic E-state index is 10.2. The van der Waals surface area contributed by atoms with Gasteiger partial charge in [0.15, 0.2) is 0 Å². The van der Waals surface area contributed by atoms with Gasteiger partial charge in [-0.1, -0.05) is 12.5 Å². The average Bonchev–Trinajstić information content (AvgIpc) is 2.88. The molecule has 0 bridgehead atoms. The fraction of sp³-hybridized carbons (Fsp3) is 0.688. The minimum atomic E-state index is -0.158. The number of rotatable bonds is 3. The monoisotopic (exact) mass is 276 g/mol. The second-order valence-corrected chi connectivity index (χ2v) is 6.04. The Balaban J connectivity index is 1.74. The molecule has 1 aromatic rings. The number of aromatic nitrogens is 1. The molecule has 2 fully saturated rings. The molecule has 0 unspecified atom stereocenters. The number of ether oxygens (including phenoxy) is 1. The van der Waals surface area contributed by atoms with Gasteiger partial charge < -0.3 is 9.84 Å². The lowest BCUT2D eigenvalue weighted by Crippen LogP contribution is -2.50. The van der Waals surface area contributed by atoms with Gasteiger partial charge in [0, 0.05) is 31.2 Å². The first-order valence-corrected chi connectivity index (χ1v) is 7.66. The molecule has 3 rings (SSSR count). The van der Waals surface area contributed by atoms with Gasteiger partial charge in [-0.2, -0.15) is 0 Å². The minimum absolute atomic E-state index is 0.158. The fourth-order valence-corrected chi connectivity index (χ4v) is 3.54. The SMILES string of the molecule is Cc1cccnc1CN1CCOC[C@@H]1[C@H]1CCC[C@H]1O. The van der Waals surface area contributed by atoms with E-state index in [1.54, 1.807) is 0 Å². The molecule has 1 N–H and O–H groups in total. The summed E-state index contributed by atoms with van der Waals surface area (Å²) in [6.45, 7) is 5.44. The second kappa shape index (κ2) is 6.20. The normalized spacial score (nSPS) is 31.6. The Morgan fingerprint density at radius 1 is 1.45 bits per heavy atom. The van der Waals surface area contributed by atoms with Crippen molar-refractivity contribution in [3.63, 3.8) is 0 Å². The van der Waals surface area contributed by atoms with Gasteiger partial charge in [-0.3, -0.25) is 9.88 Å². The van der Waals surface area contributed by atoms with Crippen molar-refractivity contribution in [1.82, 2.24) is 9.88 Å². The summed E-state index contributed by atoms with van der Waals surface area (Å²) in [6.07, 6.45) is 4.90. The van der Waals surface area contributed by atoms with E-state index in [1.807, 2.05) is 12.3 Å². The number of morpholine rings is 1. The number of hydrogen-bond donors (Lipinski definition) is 1. The highest BCUT2D eigenvalue weighted by atomic mass is 16.5. The van der Waals surface area contributed by atoms with Crippen molar-refractivity contribution in [3.05, 3.63) is 29.6 Å². The van der Waals surface area contributed by atoms with Gasteiger partial charge in [-0.25, -0.2) is 0 Å². The Morgan fingerprint density at radius 2 is 2.35 bits per heavy atom. The molecule has 0 radical (unpaired) electrons. The van der Waals surface area contributed by atoms with Crippen molar-refractivity contribution in [2.24, 2.45) is 5.92 Å². The van der Waals surface area contributed by atoms with Crippen LogP contribution in [0.5, 0.6) is 0 Å². The quantitative estimate of drug-likeness (QED) is 0.913. The van der Waals surface area contributed by atoms with Gasteiger partial charge in [0.05, 0.1) is 25.0 Å². The van der Waals surface area contributed by atoms with E-state index in [0.29, 0.717) is 12.0 Å². The van der Waals surface area contributed by atoms with E-state index in [4.69, 9.17) is 4.74 Å². The predicted octanol–water partition coefficient (Wildman–Crippen LogP) is 1.75. The van der Waals surface area contributed by atoms with E-state index in [0.717, 1.165) is 51.3 Å². The van der Waals surface area contributed by atoms with E-state index in [9.17, 15) is 5.11 Å². The van der Waals surface area contributed by atoms with Crippen molar-refractivity contribution in [2.45, 2.75) is 44.9 Å². The van der Waals surface area contributed by atoms with Gasteiger partial charge in [0.1, 0.15) is 0 Å². The van der Waals surface area contributed by atoms with Crippen LogP contribution in [0.4, 0.5) is 0 Å². The van der Waals surface area contributed by atoms with Crippen LogP contribution in [-0.2, 0) is 11.3 Å². The molecule has 4 heteroatoms. The van der Waals surface area contributed by atoms with Gasteiger partial charge in [0.2, 0.25) is 0 Å². The molecule has 20 heavy (non-hydrogen) atoms. The number of hydrogen-bond acceptors (Lipinski definition) is 4. The Kier molecular flexibility index (Phi) is 4.34. The third-order valence-corrected chi connectivity index (χ3v) is 4.78. The van der Waals surface area contributed by atoms with E-state index >= 15 is 0 Å². The van der Waals surface area contributed by atoms with Gasteiger partial charge in [-0.15, -0.1) is 0 Å². The summed E-state index contributed by atoms with van der Waals surface area (Å²) in [5.74, 6) is 0.360. The number of nitrogens with zero attached hydrogens (tertiary/aromatic N) is 2. The van der Waals surface area contributed by atoms with Crippen LogP contribution >= 0.6 is 0 Å². The fourth-order valence-electron chi connectivity index (χ4n) is 3.54. The van der Waals surface area contributed by atoms with Crippen molar-refractivity contribution < 1.29 is 9.84 Å². The Labute approximate surface area is 120 Å². The van der Waals surface area contributed by atoms with Crippen molar-refractivity contribution in [1.29, 1.82) is 0 Å². The summed E-state index contributed by atoms with van der Waals surface area (Å²) in [6, 6.07) is 4.43. The molecule has 1 aromatic heterocycles. The highest BCUT2D eigenvalue weighted by Gasteiger charge is 2.37. The van der Waals surface area contributed by atoms with Crippen LogP contribution in [0.25, 0.3) is 0 Å². The molecule has 110 valence electrons. The van der Waals surface area contributed by atoms with Crippen LogP contribution in [0.15, 0.2) is 18.3 Å². The molecule has 0 spiro atoms. The molecule has 1 saturated heterocycles. The molecule has 1 aliphatic carbocycles. The van der Waals surface area contributed by atoms with Crippen LogP contribution < -0.4 is 0 Å². The van der Waals surface area contributed by atoms with E-state index in [-0.39, 0.29) is 6.10 Å². The summed E-state index contributed by atoms with van der Waals surface area (Å²) >= 11 is 0. The highest BCUT2D eigenvalue weighted by molar-refractivity contribution is 5.17. The second-order valence-electron chi connectivity index (χ2n) is 6.04. The summed E-state index contributed by atoms with van der Waals surface area (Å²) < 4.78 is 5.67. The molecule has 2 heterocycles. The number of aliphatic hydroxyl groups excluding tert-OH is 1. The Morgan fingerprint density at radius 3 is 3.10 bits per heavy atom. The minimum Gasteiger partial charge on any atom is -0.393 e. The van der Waals surface area contributed by atoms with Crippen molar-refractivity contribution >= 4 is 0 Å². The topological polar surface area (TPSA) is 45.6 Å². The molecular formula is C16H24N2O2. The summed E-state index contributed by atoms with van der Waals surface area (Å²) in [5.41, 5.74) is 2.39. The standard InChI is InChI=1S/C16H24N2O2/c1-12-4-3-7-17-14(12)10-18-8-9-20-11-15(18)13-5-2-6-16(13)19/h3-4,7,13,15-16,19H,2,5-6,8-11H2,1H3/t13-,15-,16-/m1/s1. The van der Waals surface area contributed by atoms with Crippen LogP contribution in [-0.4, -0.2) is 46.9 Å². The smallest absolute Gasteiger partial charge is 0.0626 e. The predicted molar refractivity (Wildman–Crippen MR) is 77.3 cm³/mol. The van der Waals surface area contributed by atoms with Crippen LogP contribution in [0.2, 0.25) is 0 Å². The first kappa shape index (κ1) is 14.0. The first-order chi connectivity index (χ1) is 9.75. The largest absolute Gasteiger partial charge is 0.393 e. The summed E-state index contributed by atoms with van der Waals surface area (Å²) in [7, 11) is 0. The Bertz CT molecular complexity index is 452. The molecule has 0 aromatic carbocycles. The number of pyridine rings is 1. The Hall–Kier alpha value is -0.970. The van der Waals surface area contributed by atoms with E-state index in [1.165, 1.54) is 5.56 Å². The van der Waals surface area contributed by atoms with Crippen molar-refractivity contribution in [2.75, 3.05) is 19.8 Å². The number of aliphatic hydroxyl groups is 1. The maximum Gasteiger partial charge on any atom is 0.0626 e. The van der Waals surface area contributed by atoms with Crippen LogP contribution in [0.3, 0.4) is 0 Å². The molecule has 4 nitrogen and oxygen atoms in total. The van der Waals surface area contributed by atoms with Crippen LogP contribution in [0.1, 0.15) is 30.5 Å². The third kappa shape index (κ3) is 2.87. The zero-order valence-electron chi connectivity index (χ0n) is 12.2. The lowest BCUT2D eigenvalue weighted by molar-refractivity contribution is -0.0541. The molecule has 1 saturated carbocycles. The molecule has 3 atom stereocenters. The highest BCUT2D eigenvalue weighted by Crippen LogP contribution is 2.32. The molecule has 1 aliphatic heterocycles. The van der Waals surface area contributed by atoms with Gasteiger partial charge >= 0.3 is 0 Å². The van der Waals surface area contributed by atoms with E-state index < -0.39 is 0 Å². The van der Waals surface area contributed by atoms with Gasteiger partial charge in [-0.05, 0) is 31.4 Å². The zero-order valence-corrected chi connectivity index (χ0v) is 12.2. The third-order valence-electron chi connectivity index (χ3n) is 4.78. The molecule has 0 amide bonds. The van der Waals surface area contributed by atoms with E-state index in [2.05, 4.69) is 22.9 Å². The summed E-state index contributed by atoms with van der Waals surface area (Å²) in [4.78, 5) is 6.96. The zero-order chi connectivity index (χ0) is 13.9. The number of aryl methyl sites for hydroxylation is 1. The van der Waals surface area contributed by atoms with Crippen LogP contribution in [0, 0.1) is 12.8 Å². The molecular weight excluding hydrogens is 252 g/mol. The van der Waals surface area contributed by atoms with Crippen molar-refractivity contribution in [3.8, 4) is 0 Å². The molecule has 2 aliphatic rings. The lowest BCUT2D eigenvalue weighted by Gasteiger charge is -2.40. The first-order valence-electron chi connectivity index (χ1n) is 7.66. The average molecular weight is 276 g/mol.